The van der Waals surface area contributed by atoms with Crippen LogP contribution in [0.25, 0.3) is 11.3 Å². The van der Waals surface area contributed by atoms with Crippen molar-refractivity contribution in [2.45, 2.75) is 0 Å². The van der Waals surface area contributed by atoms with Crippen molar-refractivity contribution >= 4 is 46.1 Å². The Morgan fingerprint density at radius 3 is 2.35 bits per heavy atom. The van der Waals surface area contributed by atoms with Gasteiger partial charge in [-0.3, -0.25) is 9.59 Å². The smallest absolute Gasteiger partial charge is 0.337 e. The lowest BCUT2D eigenvalue weighted by molar-refractivity contribution is -0.119. The summed E-state index contributed by atoms with van der Waals surface area (Å²) in [5.41, 5.74) is 3.99. The zero-order valence-corrected chi connectivity index (χ0v) is 21.0. The molecule has 1 aliphatic heterocycles. The van der Waals surface area contributed by atoms with Gasteiger partial charge in [-0.25, -0.2) is 4.79 Å². The third-order valence-electron chi connectivity index (χ3n) is 5.93. The molecule has 0 radical (unpaired) electrons. The minimum Gasteiger partial charge on any atom is -0.506 e. The Bertz CT molecular complexity index is 1400. The second-order valence-electron chi connectivity index (χ2n) is 8.84. The molecule has 190 valence electrons. The first-order valence-corrected chi connectivity index (χ1v) is 11.5. The predicted octanol–water partition coefficient (Wildman–Crippen LogP) is 3.64. The van der Waals surface area contributed by atoms with Crippen LogP contribution in [0.2, 0.25) is 0 Å². The number of nitrogens with zero attached hydrogens (tertiary/aromatic N) is 2. The van der Waals surface area contributed by atoms with Crippen LogP contribution < -0.4 is 15.5 Å². The maximum atomic E-state index is 13.1. The normalized spacial score (nSPS) is 13.6. The van der Waals surface area contributed by atoms with Crippen molar-refractivity contribution in [2.24, 2.45) is 0 Å². The number of benzene rings is 3. The SMILES string of the molecule is COC(=O)c1ccc2c(c1)NC(=O)C2=C(Nc1ccc(N(C)C(=O)CN(C)C)c(O)c1)c1ccccc1. The van der Waals surface area contributed by atoms with E-state index in [1.54, 1.807) is 56.4 Å². The Balaban J connectivity index is 1.75. The molecule has 2 amide bonds. The fraction of sp³-hybridized carbons (Fsp3) is 0.179. The molecule has 1 heterocycles. The van der Waals surface area contributed by atoms with Gasteiger partial charge < -0.3 is 30.3 Å². The van der Waals surface area contributed by atoms with Gasteiger partial charge in [0, 0.05) is 24.4 Å². The van der Waals surface area contributed by atoms with Gasteiger partial charge in [-0.2, -0.15) is 0 Å². The van der Waals surface area contributed by atoms with Crippen LogP contribution in [0.5, 0.6) is 5.75 Å². The number of hydrogen-bond donors (Lipinski definition) is 3. The molecule has 9 nitrogen and oxygen atoms in total. The van der Waals surface area contributed by atoms with Gasteiger partial charge in [-0.05, 0) is 43.9 Å². The van der Waals surface area contributed by atoms with Crippen LogP contribution in [0.4, 0.5) is 17.1 Å². The molecule has 0 bridgehead atoms. The minimum absolute atomic E-state index is 0.0870. The van der Waals surface area contributed by atoms with E-state index in [1.165, 1.54) is 18.1 Å². The van der Waals surface area contributed by atoms with E-state index in [9.17, 15) is 19.5 Å². The predicted molar refractivity (Wildman–Crippen MR) is 143 cm³/mol. The molecule has 3 aromatic carbocycles. The Labute approximate surface area is 215 Å². The van der Waals surface area contributed by atoms with Crippen molar-refractivity contribution in [2.75, 3.05) is 50.3 Å². The summed E-state index contributed by atoms with van der Waals surface area (Å²) in [5, 5.41) is 16.8. The van der Waals surface area contributed by atoms with Gasteiger partial charge >= 0.3 is 5.97 Å². The van der Waals surface area contributed by atoms with Gasteiger partial charge in [0.05, 0.1) is 41.9 Å². The molecule has 0 aromatic heterocycles. The van der Waals surface area contributed by atoms with Crippen LogP contribution in [0.15, 0.2) is 66.7 Å². The number of carbonyl (C=O) groups is 3. The van der Waals surface area contributed by atoms with Gasteiger partial charge in [-0.15, -0.1) is 0 Å². The number of carbonyl (C=O) groups excluding carboxylic acids is 3. The minimum atomic E-state index is -0.500. The van der Waals surface area contributed by atoms with E-state index in [-0.39, 0.29) is 24.1 Å². The number of rotatable bonds is 7. The first kappa shape index (κ1) is 25.5. The van der Waals surface area contributed by atoms with Gasteiger partial charge in [0.1, 0.15) is 5.75 Å². The van der Waals surface area contributed by atoms with Crippen LogP contribution in [0, 0.1) is 0 Å². The van der Waals surface area contributed by atoms with Crippen molar-refractivity contribution in [3.8, 4) is 5.75 Å². The van der Waals surface area contributed by atoms with Crippen molar-refractivity contribution in [1.82, 2.24) is 4.90 Å². The summed E-state index contributed by atoms with van der Waals surface area (Å²) in [6.07, 6.45) is 0. The highest BCUT2D eigenvalue weighted by Gasteiger charge is 2.29. The summed E-state index contributed by atoms with van der Waals surface area (Å²) in [6, 6.07) is 19.1. The molecule has 9 heteroatoms. The fourth-order valence-corrected chi connectivity index (χ4v) is 4.09. The van der Waals surface area contributed by atoms with E-state index >= 15 is 0 Å². The molecule has 0 atom stereocenters. The summed E-state index contributed by atoms with van der Waals surface area (Å²) in [7, 11) is 6.50. The molecule has 1 aliphatic rings. The average molecular weight is 501 g/mol. The lowest BCUT2D eigenvalue weighted by Gasteiger charge is -2.21. The van der Waals surface area contributed by atoms with Crippen LogP contribution in [-0.4, -0.2) is 62.6 Å². The van der Waals surface area contributed by atoms with E-state index in [1.807, 2.05) is 30.3 Å². The van der Waals surface area contributed by atoms with Gasteiger partial charge in [0.2, 0.25) is 5.91 Å². The number of fused-ring (bicyclic) bond motifs is 1. The van der Waals surface area contributed by atoms with Crippen molar-refractivity contribution in [3.05, 3.63) is 83.4 Å². The van der Waals surface area contributed by atoms with Crippen molar-refractivity contribution in [1.29, 1.82) is 0 Å². The first-order chi connectivity index (χ1) is 17.7. The van der Waals surface area contributed by atoms with Crippen LogP contribution in [0.1, 0.15) is 21.5 Å². The highest BCUT2D eigenvalue weighted by atomic mass is 16.5. The topological polar surface area (TPSA) is 111 Å². The number of amides is 2. The second kappa shape index (κ2) is 10.5. The molecular weight excluding hydrogens is 472 g/mol. The fourth-order valence-electron chi connectivity index (χ4n) is 4.09. The molecule has 0 aliphatic carbocycles. The van der Waals surface area contributed by atoms with Crippen LogP contribution >= 0.6 is 0 Å². The molecule has 0 saturated heterocycles. The summed E-state index contributed by atoms with van der Waals surface area (Å²) in [6.45, 7) is 0.201. The molecule has 0 spiro atoms. The standard InChI is InChI=1S/C28H28N4O5/c1-31(2)16-24(34)32(3)22-13-11-19(15-23(22)33)29-26(17-8-6-5-7-9-17)25-20-12-10-18(28(36)37-4)14-21(20)30-27(25)35/h5-15,29,33H,16H2,1-4H3,(H,30,35). The number of ether oxygens (including phenoxy) is 1. The number of hydrogen-bond acceptors (Lipinski definition) is 7. The maximum absolute atomic E-state index is 13.1. The van der Waals surface area contributed by atoms with Crippen LogP contribution in [0.3, 0.4) is 0 Å². The third kappa shape index (κ3) is 5.31. The van der Waals surface area contributed by atoms with E-state index in [0.717, 1.165) is 5.56 Å². The summed E-state index contributed by atoms with van der Waals surface area (Å²) >= 11 is 0. The van der Waals surface area contributed by atoms with Gasteiger partial charge in [0.25, 0.3) is 5.91 Å². The summed E-state index contributed by atoms with van der Waals surface area (Å²) in [4.78, 5) is 40.7. The van der Waals surface area contributed by atoms with Gasteiger partial charge in [0.15, 0.2) is 0 Å². The summed E-state index contributed by atoms with van der Waals surface area (Å²) < 4.78 is 4.79. The van der Waals surface area contributed by atoms with Gasteiger partial charge in [-0.1, -0.05) is 36.4 Å². The lowest BCUT2D eigenvalue weighted by Crippen LogP contribution is -2.35. The van der Waals surface area contributed by atoms with Crippen molar-refractivity contribution < 1.29 is 24.2 Å². The third-order valence-corrected chi connectivity index (χ3v) is 5.93. The molecule has 0 fully saturated rings. The largest absolute Gasteiger partial charge is 0.506 e. The second-order valence-corrected chi connectivity index (χ2v) is 8.84. The Kier molecular flexibility index (Phi) is 7.26. The van der Waals surface area contributed by atoms with E-state index < -0.39 is 5.97 Å². The highest BCUT2D eigenvalue weighted by molar-refractivity contribution is 6.37. The zero-order chi connectivity index (χ0) is 26.7. The zero-order valence-electron chi connectivity index (χ0n) is 21.0. The Hall–Kier alpha value is -4.63. The number of likely N-dealkylation sites (N-methyl/N-ethyl adjacent to an activating group) is 2. The molecule has 3 aromatic rings. The number of methoxy groups -OCH3 is 1. The molecule has 0 saturated carbocycles. The molecule has 37 heavy (non-hydrogen) atoms. The molecule has 4 rings (SSSR count). The maximum Gasteiger partial charge on any atom is 0.337 e. The number of phenols is 1. The van der Waals surface area contributed by atoms with E-state index in [4.69, 9.17) is 4.74 Å². The molecular formula is C28H28N4O5. The number of esters is 1. The molecule has 3 N–H and O–H groups in total. The molecule has 0 unspecified atom stereocenters. The highest BCUT2D eigenvalue weighted by Crippen LogP contribution is 2.39. The first-order valence-electron chi connectivity index (χ1n) is 11.5. The number of nitrogens with one attached hydrogen (secondary N) is 2. The number of aromatic hydroxyl groups is 1. The average Bonchev–Trinajstić information content (AvgIpc) is 3.21. The Morgan fingerprint density at radius 2 is 1.70 bits per heavy atom. The number of anilines is 3. The summed E-state index contributed by atoms with van der Waals surface area (Å²) in [5.74, 6) is -1.09. The van der Waals surface area contributed by atoms with E-state index in [2.05, 4.69) is 10.6 Å². The van der Waals surface area contributed by atoms with Crippen molar-refractivity contribution in [3.63, 3.8) is 0 Å². The van der Waals surface area contributed by atoms with E-state index in [0.29, 0.717) is 39.5 Å². The quantitative estimate of drug-likeness (QED) is 0.336. The lowest BCUT2D eigenvalue weighted by atomic mass is 9.99. The number of phenolic OH excluding ortho intramolecular Hbond substituents is 1. The monoisotopic (exact) mass is 500 g/mol. The van der Waals surface area contributed by atoms with Crippen LogP contribution in [-0.2, 0) is 14.3 Å². The Morgan fingerprint density at radius 1 is 0.973 bits per heavy atom.